The molecule has 2 unspecified atom stereocenters. The number of aryl methyl sites for hydroxylation is 3. The highest BCUT2D eigenvalue weighted by Crippen LogP contribution is 2.35. The van der Waals surface area contributed by atoms with Gasteiger partial charge in [-0.15, -0.1) is 11.3 Å². The van der Waals surface area contributed by atoms with Gasteiger partial charge < -0.3 is 50.1 Å². The van der Waals surface area contributed by atoms with Crippen molar-refractivity contribution in [3.63, 3.8) is 0 Å². The number of pyridine rings is 1. The molecule has 404 valence electrons. The number of amides is 4. The molecule has 2 saturated heterocycles. The number of nitrogens with zero attached hydrogens (tertiary/aromatic N) is 3. The number of thiazole rings is 1. The van der Waals surface area contributed by atoms with E-state index >= 15 is 0 Å². The molecule has 2 aromatic heterocycles. The lowest BCUT2D eigenvalue weighted by molar-refractivity contribution is -0.144. The van der Waals surface area contributed by atoms with Crippen LogP contribution >= 0.6 is 11.3 Å². The van der Waals surface area contributed by atoms with E-state index in [1.54, 1.807) is 11.3 Å². The van der Waals surface area contributed by atoms with Crippen molar-refractivity contribution in [2.45, 2.75) is 118 Å². The van der Waals surface area contributed by atoms with Crippen LogP contribution in [0.3, 0.4) is 0 Å². The summed E-state index contributed by atoms with van der Waals surface area (Å²) in [7, 11) is 0. The summed E-state index contributed by atoms with van der Waals surface area (Å²) >= 11 is 1.57. The van der Waals surface area contributed by atoms with Crippen molar-refractivity contribution in [2.75, 3.05) is 57.6 Å². The largest absolute Gasteiger partial charge is 0.391 e. The SMILES string of the molecule is CCN(c1cc(-c2ccc(C#CCOCCOCC(=O)NC(C(=O)N3C[C@H](O)C[C@H]3C(=O)NC(C)c3ccc(-c4scnc4C)cc3)C(C)(C)C)cc2)cc(C(=O)NCc2c(C)cc(C)[nH]c2=O)c1C)C1CCOCC1. The number of ether oxygens (including phenoxy) is 3. The Morgan fingerprint density at radius 1 is 0.947 bits per heavy atom. The summed E-state index contributed by atoms with van der Waals surface area (Å²) in [5.74, 6) is 4.56. The molecule has 0 aliphatic carbocycles. The summed E-state index contributed by atoms with van der Waals surface area (Å²) < 4.78 is 17.0. The summed E-state index contributed by atoms with van der Waals surface area (Å²) in [5, 5.41) is 19.5. The maximum absolute atomic E-state index is 14.1. The van der Waals surface area contributed by atoms with Crippen molar-refractivity contribution in [3.8, 4) is 33.4 Å². The molecule has 16 nitrogen and oxygen atoms in total. The van der Waals surface area contributed by atoms with Crippen LogP contribution in [0.5, 0.6) is 0 Å². The standard InChI is InChI=1S/C59H73N7O9S/c1-10-65(46-21-24-74-25-22-46)50-30-45(29-48(38(50)4)55(69)60-32-49-36(2)28-37(3)62-56(49)70)43-15-13-41(14-16-43)12-11-23-73-26-27-75-34-52(68)64-54(59(7,8)9)58(72)66-33-47(67)31-51(66)57(71)63-39(5)42-17-19-44(20-18-42)53-40(6)61-35-76-53/h13-20,28-30,35,39,46-47,51,54,67H,10,21-27,31-34H2,1-9H3,(H,60,69)(H,62,70)(H,63,71)(H,64,68)/t39?,47-,51+,54?/m1/s1. The van der Waals surface area contributed by atoms with Gasteiger partial charge in [0.15, 0.2) is 0 Å². The molecule has 2 aliphatic rings. The fraction of sp³-hybridized carbons (Fsp3) is 0.458. The molecule has 4 atom stereocenters. The Morgan fingerprint density at radius 3 is 2.30 bits per heavy atom. The average Bonchev–Trinajstić information content (AvgIpc) is 4.02. The molecule has 4 heterocycles. The number of hydrogen-bond donors (Lipinski definition) is 5. The molecule has 2 aliphatic heterocycles. The van der Waals surface area contributed by atoms with Gasteiger partial charge in [-0.25, -0.2) is 4.98 Å². The number of aromatic amines is 1. The summed E-state index contributed by atoms with van der Waals surface area (Å²) in [6.07, 6.45) is 0.964. The lowest BCUT2D eigenvalue weighted by Gasteiger charge is -2.37. The van der Waals surface area contributed by atoms with Gasteiger partial charge in [0.2, 0.25) is 17.7 Å². The van der Waals surface area contributed by atoms with E-state index in [4.69, 9.17) is 14.2 Å². The summed E-state index contributed by atoms with van der Waals surface area (Å²) in [6.45, 7) is 19.4. The van der Waals surface area contributed by atoms with Crippen molar-refractivity contribution >= 4 is 40.7 Å². The number of likely N-dealkylation sites (tertiary alicyclic amines) is 1. The molecule has 17 heteroatoms. The number of carbonyl (C=O) groups is 4. The van der Waals surface area contributed by atoms with Gasteiger partial charge in [-0.05, 0) is 124 Å². The van der Waals surface area contributed by atoms with Gasteiger partial charge in [-0.2, -0.15) is 0 Å². The van der Waals surface area contributed by atoms with Crippen LogP contribution in [0.1, 0.15) is 109 Å². The second-order valence-electron chi connectivity index (χ2n) is 20.8. The Balaban J connectivity index is 0.898. The first-order valence-corrected chi connectivity index (χ1v) is 27.0. The van der Waals surface area contributed by atoms with Crippen molar-refractivity contribution < 1.29 is 38.5 Å². The first kappa shape index (κ1) is 57.0. The predicted molar refractivity (Wildman–Crippen MR) is 296 cm³/mol. The van der Waals surface area contributed by atoms with Crippen LogP contribution in [-0.4, -0.2) is 121 Å². The van der Waals surface area contributed by atoms with Crippen LogP contribution in [0.2, 0.25) is 0 Å². The van der Waals surface area contributed by atoms with E-state index in [9.17, 15) is 29.1 Å². The van der Waals surface area contributed by atoms with E-state index in [2.05, 4.69) is 55.6 Å². The number of nitrogens with one attached hydrogen (secondary N) is 4. The van der Waals surface area contributed by atoms with Gasteiger partial charge in [0, 0.05) is 73.4 Å². The van der Waals surface area contributed by atoms with E-state index in [-0.39, 0.29) is 75.4 Å². The lowest BCUT2D eigenvalue weighted by atomic mass is 9.85. The van der Waals surface area contributed by atoms with Gasteiger partial charge in [0.05, 0.1) is 41.4 Å². The Labute approximate surface area is 450 Å². The zero-order valence-corrected chi connectivity index (χ0v) is 46.1. The first-order chi connectivity index (χ1) is 36.3. The van der Waals surface area contributed by atoms with Gasteiger partial charge >= 0.3 is 0 Å². The molecular formula is C59H73N7O9S. The van der Waals surface area contributed by atoms with Crippen LogP contribution in [-0.2, 0) is 35.1 Å². The maximum atomic E-state index is 14.1. The number of aromatic nitrogens is 2. The Morgan fingerprint density at radius 2 is 1.64 bits per heavy atom. The van der Waals surface area contributed by atoms with E-state index in [0.29, 0.717) is 24.3 Å². The molecule has 2 fully saturated rings. The molecule has 7 rings (SSSR count). The quantitative estimate of drug-likeness (QED) is 0.0417. The van der Waals surface area contributed by atoms with Crippen LogP contribution < -0.4 is 26.4 Å². The molecule has 4 amide bonds. The zero-order valence-electron chi connectivity index (χ0n) is 45.3. The number of β-amino-alcohol motifs (C(OH)–C–C–N with tert-alkyl or cyclic N) is 1. The minimum Gasteiger partial charge on any atom is -0.391 e. The normalized spacial score (nSPS) is 16.6. The molecule has 0 bridgehead atoms. The number of H-pyrrole nitrogens is 1. The number of anilines is 1. The topological polar surface area (TPSA) is 205 Å². The van der Waals surface area contributed by atoms with E-state index < -0.39 is 35.4 Å². The third kappa shape index (κ3) is 14.4. The van der Waals surface area contributed by atoms with Crippen molar-refractivity contribution in [1.82, 2.24) is 30.8 Å². The fourth-order valence-electron chi connectivity index (χ4n) is 9.90. The summed E-state index contributed by atoms with van der Waals surface area (Å²) in [6, 6.07) is 19.7. The number of aliphatic hydroxyl groups excluding tert-OH is 1. The monoisotopic (exact) mass is 1060 g/mol. The second-order valence-corrected chi connectivity index (χ2v) is 21.6. The molecule has 0 saturated carbocycles. The molecule has 5 N–H and O–H groups in total. The van der Waals surface area contributed by atoms with E-state index in [1.165, 1.54) is 4.90 Å². The highest BCUT2D eigenvalue weighted by atomic mass is 32.1. The van der Waals surface area contributed by atoms with Crippen LogP contribution in [0, 0.1) is 45.0 Å². The highest BCUT2D eigenvalue weighted by molar-refractivity contribution is 7.13. The van der Waals surface area contributed by atoms with Crippen molar-refractivity contribution in [1.29, 1.82) is 0 Å². The highest BCUT2D eigenvalue weighted by Gasteiger charge is 2.45. The van der Waals surface area contributed by atoms with Crippen LogP contribution in [0.4, 0.5) is 5.69 Å². The Bertz CT molecular complexity index is 2970. The third-order valence-corrected chi connectivity index (χ3v) is 15.1. The van der Waals surface area contributed by atoms with Gasteiger partial charge in [0.25, 0.3) is 11.5 Å². The Hall–Kier alpha value is -6.68. The molecule has 3 aromatic carbocycles. The van der Waals surface area contributed by atoms with Gasteiger partial charge in [0.1, 0.15) is 25.3 Å². The maximum Gasteiger partial charge on any atom is 0.253 e. The van der Waals surface area contributed by atoms with Crippen molar-refractivity contribution in [3.05, 3.63) is 127 Å². The fourth-order valence-corrected chi connectivity index (χ4v) is 10.7. The van der Waals surface area contributed by atoms with E-state index in [1.807, 2.05) is 122 Å². The number of aliphatic hydroxyl groups is 1. The van der Waals surface area contributed by atoms with E-state index in [0.717, 1.165) is 80.3 Å². The molecule has 0 radical (unpaired) electrons. The molecule has 5 aromatic rings. The smallest absolute Gasteiger partial charge is 0.253 e. The second kappa shape index (κ2) is 25.9. The Kier molecular flexibility index (Phi) is 19.4. The number of carbonyl (C=O) groups excluding carboxylic acids is 4. The zero-order chi connectivity index (χ0) is 54.7. The third-order valence-electron chi connectivity index (χ3n) is 14.1. The lowest BCUT2D eigenvalue weighted by Crippen LogP contribution is -2.58. The summed E-state index contributed by atoms with van der Waals surface area (Å²) in [4.78, 5) is 79.7. The number of hydrogen-bond acceptors (Lipinski definition) is 12. The first-order valence-electron chi connectivity index (χ1n) is 26.1. The van der Waals surface area contributed by atoms with Crippen LogP contribution in [0.15, 0.2) is 77.0 Å². The minimum atomic E-state index is -0.995. The predicted octanol–water partition coefficient (Wildman–Crippen LogP) is 7.09. The number of benzene rings is 3. The number of rotatable bonds is 19. The molecule has 0 spiro atoms. The molecular weight excluding hydrogens is 983 g/mol. The van der Waals surface area contributed by atoms with Gasteiger partial charge in [-0.1, -0.05) is 69.0 Å². The summed E-state index contributed by atoms with van der Waals surface area (Å²) in [5.41, 5.74) is 10.8. The minimum absolute atomic E-state index is 0.0353. The average molecular weight is 1060 g/mol. The van der Waals surface area contributed by atoms with Gasteiger partial charge in [-0.3, -0.25) is 24.0 Å². The van der Waals surface area contributed by atoms with Crippen LogP contribution in [0.25, 0.3) is 21.6 Å². The van der Waals surface area contributed by atoms with Crippen molar-refractivity contribution in [2.24, 2.45) is 5.41 Å². The molecule has 76 heavy (non-hydrogen) atoms.